The summed E-state index contributed by atoms with van der Waals surface area (Å²) in [7, 11) is 0. The van der Waals surface area contributed by atoms with Crippen molar-refractivity contribution in [1.29, 1.82) is 0 Å². The molecule has 1 heterocycles. The minimum absolute atomic E-state index is 0.183. The Morgan fingerprint density at radius 2 is 1.96 bits per heavy atom. The monoisotopic (exact) mass is 412 g/mol. The van der Waals surface area contributed by atoms with Gasteiger partial charge in [-0.1, -0.05) is 23.2 Å². The molecule has 1 amide bonds. The molecule has 128 valence electrons. The molecule has 0 radical (unpaired) electrons. The number of carbonyl (C=O) groups is 1. The lowest BCUT2D eigenvalue weighted by Gasteiger charge is -2.03. The van der Waals surface area contributed by atoms with Gasteiger partial charge in [-0.3, -0.25) is 4.79 Å². The van der Waals surface area contributed by atoms with Gasteiger partial charge in [0.05, 0.1) is 16.5 Å². The molecule has 3 nitrogen and oxygen atoms in total. The quantitative estimate of drug-likeness (QED) is 0.523. The van der Waals surface area contributed by atoms with E-state index in [1.54, 1.807) is 30.3 Å². The number of anilines is 1. The molecular formula is C17H11Cl2FN2OS2. The topological polar surface area (TPSA) is 42.0 Å². The minimum atomic E-state index is -0.301. The Balaban J connectivity index is 1.60. The Morgan fingerprint density at radius 3 is 2.68 bits per heavy atom. The van der Waals surface area contributed by atoms with Gasteiger partial charge in [0.15, 0.2) is 5.13 Å². The van der Waals surface area contributed by atoms with Crippen LogP contribution in [-0.4, -0.2) is 16.6 Å². The van der Waals surface area contributed by atoms with Crippen LogP contribution in [0.3, 0.4) is 0 Å². The van der Waals surface area contributed by atoms with Gasteiger partial charge in [-0.05, 0) is 42.5 Å². The molecule has 0 saturated carbocycles. The number of rotatable bonds is 5. The SMILES string of the molecule is O=C(CSc1ccc(F)cc1)Nc1nc(-c2ccc(Cl)cc2Cl)cs1. The second-order valence-electron chi connectivity index (χ2n) is 4.95. The van der Waals surface area contributed by atoms with E-state index in [1.807, 2.05) is 5.38 Å². The zero-order valence-corrected chi connectivity index (χ0v) is 15.8. The number of hydrogen-bond acceptors (Lipinski definition) is 4. The highest BCUT2D eigenvalue weighted by atomic mass is 35.5. The summed E-state index contributed by atoms with van der Waals surface area (Å²) >= 11 is 14.7. The van der Waals surface area contributed by atoms with Gasteiger partial charge in [-0.25, -0.2) is 9.37 Å². The zero-order chi connectivity index (χ0) is 17.8. The highest BCUT2D eigenvalue weighted by molar-refractivity contribution is 8.00. The van der Waals surface area contributed by atoms with Crippen molar-refractivity contribution in [3.8, 4) is 11.3 Å². The fourth-order valence-electron chi connectivity index (χ4n) is 1.99. The molecule has 3 aromatic rings. The summed E-state index contributed by atoms with van der Waals surface area (Å²) in [6, 6.07) is 11.2. The average molecular weight is 413 g/mol. The third kappa shape index (κ3) is 4.95. The molecule has 3 rings (SSSR count). The molecule has 2 aromatic carbocycles. The van der Waals surface area contributed by atoms with E-state index in [9.17, 15) is 9.18 Å². The van der Waals surface area contributed by atoms with Crippen molar-refractivity contribution < 1.29 is 9.18 Å². The van der Waals surface area contributed by atoms with Crippen molar-refractivity contribution in [2.24, 2.45) is 0 Å². The summed E-state index contributed by atoms with van der Waals surface area (Å²) in [6.45, 7) is 0. The molecule has 0 spiro atoms. The van der Waals surface area contributed by atoms with Crippen LogP contribution >= 0.6 is 46.3 Å². The standard InChI is InChI=1S/C17H11Cl2FN2OS2/c18-10-1-6-13(14(19)7-10)15-8-25-17(21-15)22-16(23)9-24-12-4-2-11(20)3-5-12/h1-8H,9H2,(H,21,22,23). The van der Waals surface area contributed by atoms with Crippen molar-refractivity contribution in [2.75, 3.05) is 11.1 Å². The number of aromatic nitrogens is 1. The summed E-state index contributed by atoms with van der Waals surface area (Å²) in [5, 5.41) is 6.11. The van der Waals surface area contributed by atoms with Gasteiger partial charge in [0.25, 0.3) is 0 Å². The van der Waals surface area contributed by atoms with Crippen LogP contribution in [0.15, 0.2) is 52.7 Å². The number of thiazole rings is 1. The third-order valence-corrected chi connectivity index (χ3v) is 5.46. The van der Waals surface area contributed by atoms with Crippen LogP contribution in [-0.2, 0) is 4.79 Å². The van der Waals surface area contributed by atoms with E-state index < -0.39 is 0 Å². The Bertz CT molecular complexity index is 900. The number of amides is 1. The molecular weight excluding hydrogens is 402 g/mol. The van der Waals surface area contributed by atoms with Gasteiger partial charge in [-0.2, -0.15) is 0 Å². The van der Waals surface area contributed by atoms with Crippen molar-refractivity contribution in [3.05, 3.63) is 63.7 Å². The van der Waals surface area contributed by atoms with Crippen LogP contribution in [0.25, 0.3) is 11.3 Å². The fraction of sp³-hybridized carbons (Fsp3) is 0.0588. The number of halogens is 3. The van der Waals surface area contributed by atoms with Gasteiger partial charge in [0, 0.05) is 20.9 Å². The van der Waals surface area contributed by atoms with Crippen molar-refractivity contribution in [2.45, 2.75) is 4.90 Å². The maximum absolute atomic E-state index is 12.9. The van der Waals surface area contributed by atoms with E-state index in [-0.39, 0.29) is 17.5 Å². The molecule has 25 heavy (non-hydrogen) atoms. The first-order chi connectivity index (χ1) is 12.0. The smallest absolute Gasteiger partial charge is 0.236 e. The molecule has 0 unspecified atom stereocenters. The highest BCUT2D eigenvalue weighted by Crippen LogP contribution is 2.32. The summed E-state index contributed by atoms with van der Waals surface area (Å²) in [6.07, 6.45) is 0. The molecule has 0 atom stereocenters. The Hall–Kier alpha value is -1.60. The van der Waals surface area contributed by atoms with Crippen LogP contribution in [0.4, 0.5) is 9.52 Å². The van der Waals surface area contributed by atoms with Gasteiger partial charge in [0.2, 0.25) is 5.91 Å². The van der Waals surface area contributed by atoms with Crippen LogP contribution in [0, 0.1) is 5.82 Å². The molecule has 1 aromatic heterocycles. The predicted octanol–water partition coefficient (Wildman–Crippen LogP) is 5.99. The lowest BCUT2D eigenvalue weighted by atomic mass is 10.2. The molecule has 0 aliphatic rings. The lowest BCUT2D eigenvalue weighted by molar-refractivity contribution is -0.113. The molecule has 0 bridgehead atoms. The third-order valence-electron chi connectivity index (χ3n) is 3.14. The number of hydrogen-bond donors (Lipinski definition) is 1. The second kappa shape index (κ2) is 8.19. The van der Waals surface area contributed by atoms with E-state index in [0.29, 0.717) is 20.9 Å². The Kier molecular flexibility index (Phi) is 5.96. The predicted molar refractivity (Wildman–Crippen MR) is 103 cm³/mol. The zero-order valence-electron chi connectivity index (χ0n) is 12.6. The minimum Gasteiger partial charge on any atom is -0.301 e. The van der Waals surface area contributed by atoms with E-state index in [4.69, 9.17) is 23.2 Å². The highest BCUT2D eigenvalue weighted by Gasteiger charge is 2.11. The summed E-state index contributed by atoms with van der Waals surface area (Å²) in [5.74, 6) is -0.273. The van der Waals surface area contributed by atoms with Gasteiger partial charge >= 0.3 is 0 Å². The van der Waals surface area contributed by atoms with Crippen LogP contribution < -0.4 is 5.32 Å². The number of benzene rings is 2. The second-order valence-corrected chi connectivity index (χ2v) is 7.70. The Labute approximate surface area is 162 Å². The van der Waals surface area contributed by atoms with Crippen LogP contribution in [0.1, 0.15) is 0 Å². The van der Waals surface area contributed by atoms with Crippen LogP contribution in [0.5, 0.6) is 0 Å². The molecule has 0 aliphatic heterocycles. The number of nitrogens with one attached hydrogen (secondary N) is 1. The van der Waals surface area contributed by atoms with Crippen molar-refractivity contribution >= 4 is 57.3 Å². The van der Waals surface area contributed by atoms with Crippen LogP contribution in [0.2, 0.25) is 10.0 Å². The number of carbonyl (C=O) groups excluding carboxylic acids is 1. The maximum atomic E-state index is 12.9. The average Bonchev–Trinajstić information content (AvgIpc) is 3.02. The molecule has 0 aliphatic carbocycles. The summed E-state index contributed by atoms with van der Waals surface area (Å²) in [5.41, 5.74) is 1.43. The molecule has 1 N–H and O–H groups in total. The lowest BCUT2D eigenvalue weighted by Crippen LogP contribution is -2.13. The first-order valence-corrected chi connectivity index (χ1v) is 9.72. The van der Waals surface area contributed by atoms with Gasteiger partial charge < -0.3 is 5.32 Å². The maximum Gasteiger partial charge on any atom is 0.236 e. The van der Waals surface area contributed by atoms with Crippen molar-refractivity contribution in [3.63, 3.8) is 0 Å². The first kappa shape index (κ1) is 18.2. The Morgan fingerprint density at radius 1 is 1.20 bits per heavy atom. The molecule has 0 fully saturated rings. The van der Waals surface area contributed by atoms with Gasteiger partial charge in [0.1, 0.15) is 5.82 Å². The number of nitrogens with zero attached hydrogens (tertiary/aromatic N) is 1. The van der Waals surface area contributed by atoms with E-state index in [0.717, 1.165) is 10.5 Å². The molecule has 0 saturated heterocycles. The normalized spacial score (nSPS) is 10.7. The van der Waals surface area contributed by atoms with Gasteiger partial charge in [-0.15, -0.1) is 23.1 Å². The number of thioether (sulfide) groups is 1. The molecule has 8 heteroatoms. The van der Waals surface area contributed by atoms with E-state index in [2.05, 4.69) is 10.3 Å². The summed E-state index contributed by atoms with van der Waals surface area (Å²) < 4.78 is 12.9. The van der Waals surface area contributed by atoms with E-state index in [1.165, 1.54) is 35.2 Å². The largest absolute Gasteiger partial charge is 0.301 e. The first-order valence-electron chi connectivity index (χ1n) is 7.10. The fourth-order valence-corrected chi connectivity index (χ4v) is 3.92. The van der Waals surface area contributed by atoms with E-state index >= 15 is 0 Å². The summed E-state index contributed by atoms with van der Waals surface area (Å²) in [4.78, 5) is 17.2. The van der Waals surface area contributed by atoms with Crippen molar-refractivity contribution in [1.82, 2.24) is 4.98 Å².